The fourth-order valence-corrected chi connectivity index (χ4v) is 1.47. The molecule has 0 spiro atoms. The van der Waals surface area contributed by atoms with Crippen molar-refractivity contribution >= 4 is 5.91 Å². The fourth-order valence-electron chi connectivity index (χ4n) is 1.47. The van der Waals surface area contributed by atoms with E-state index < -0.39 is 23.6 Å². The van der Waals surface area contributed by atoms with E-state index in [0.29, 0.717) is 0 Å². The van der Waals surface area contributed by atoms with E-state index in [1.165, 1.54) is 0 Å². The fraction of sp³-hybridized carbons (Fsp3) is 0.182. The molecule has 0 aliphatic heterocycles. The zero-order valence-corrected chi connectivity index (χ0v) is 9.64. The molecule has 4 N–H and O–H groups in total. The first-order chi connectivity index (χ1) is 8.97. The molecule has 8 heteroatoms. The largest absolute Gasteiger partial charge is 0.370 e. The molecule has 1 aromatic carbocycles. The Morgan fingerprint density at radius 3 is 2.84 bits per heavy atom. The number of aromatic nitrogens is 2. The van der Waals surface area contributed by atoms with Gasteiger partial charge in [-0.15, -0.1) is 0 Å². The lowest BCUT2D eigenvalue weighted by molar-refractivity contribution is -0.118. The van der Waals surface area contributed by atoms with Crippen LogP contribution < -0.4 is 11.5 Å². The Morgan fingerprint density at radius 2 is 2.16 bits per heavy atom. The summed E-state index contributed by atoms with van der Waals surface area (Å²) < 4.78 is 31.3. The van der Waals surface area contributed by atoms with Gasteiger partial charge in [0.1, 0.15) is 11.6 Å². The number of halogens is 2. The summed E-state index contributed by atoms with van der Waals surface area (Å²) in [7, 11) is 0. The van der Waals surface area contributed by atoms with Crippen LogP contribution in [0.5, 0.6) is 0 Å². The summed E-state index contributed by atoms with van der Waals surface area (Å²) in [6.07, 6.45) is -0.187. The predicted octanol–water partition coefficient (Wildman–Crippen LogP) is 0.890. The maximum Gasteiger partial charge on any atom is 0.244 e. The van der Waals surface area contributed by atoms with Gasteiger partial charge < -0.3 is 16.0 Å². The molecule has 1 amide bonds. The van der Waals surface area contributed by atoms with Gasteiger partial charge in [-0.05, 0) is 18.2 Å². The summed E-state index contributed by atoms with van der Waals surface area (Å²) in [5.41, 5.74) is 10.4. The molecule has 1 atom stereocenters. The number of amides is 1. The van der Waals surface area contributed by atoms with Crippen LogP contribution in [0.2, 0.25) is 0 Å². The van der Waals surface area contributed by atoms with Crippen LogP contribution in [0.1, 0.15) is 18.4 Å². The maximum atomic E-state index is 13.5. The number of nitrogens with zero attached hydrogens (tertiary/aromatic N) is 2. The van der Waals surface area contributed by atoms with Crippen LogP contribution in [0.3, 0.4) is 0 Å². The topological polar surface area (TPSA) is 108 Å². The molecule has 6 nitrogen and oxygen atoms in total. The molecule has 0 aliphatic carbocycles. The minimum Gasteiger partial charge on any atom is -0.370 e. The minimum absolute atomic E-state index is 0.0718. The highest BCUT2D eigenvalue weighted by molar-refractivity contribution is 5.74. The van der Waals surface area contributed by atoms with Gasteiger partial charge in [0, 0.05) is 0 Å². The molecule has 1 heterocycles. The number of carbonyl (C=O) groups excluding carboxylic acids is 1. The second kappa shape index (κ2) is 5.11. The molecule has 0 unspecified atom stereocenters. The Labute approximate surface area is 106 Å². The lowest BCUT2D eigenvalue weighted by Gasteiger charge is -2.01. The molecule has 19 heavy (non-hydrogen) atoms. The average molecular weight is 268 g/mol. The number of nitrogens with two attached hydrogens (primary N) is 2. The minimum atomic E-state index is -0.879. The van der Waals surface area contributed by atoms with Crippen LogP contribution >= 0.6 is 0 Å². The highest BCUT2D eigenvalue weighted by Gasteiger charge is 2.19. The first-order valence-electron chi connectivity index (χ1n) is 5.30. The molecule has 2 aromatic rings. The maximum absolute atomic E-state index is 13.5. The smallest absolute Gasteiger partial charge is 0.244 e. The van der Waals surface area contributed by atoms with E-state index in [0.717, 1.165) is 18.2 Å². The van der Waals surface area contributed by atoms with E-state index in [1.54, 1.807) is 0 Å². The van der Waals surface area contributed by atoms with Gasteiger partial charge in [0.05, 0.1) is 18.0 Å². The third-order valence-electron chi connectivity index (χ3n) is 2.35. The summed E-state index contributed by atoms with van der Waals surface area (Å²) in [5, 5.41) is 3.49. The van der Waals surface area contributed by atoms with Gasteiger partial charge in [0.15, 0.2) is 0 Å². The van der Waals surface area contributed by atoms with Crippen molar-refractivity contribution in [2.45, 2.75) is 12.5 Å². The van der Waals surface area contributed by atoms with Gasteiger partial charge in [-0.2, -0.15) is 4.98 Å². The summed E-state index contributed by atoms with van der Waals surface area (Å²) >= 11 is 0. The Morgan fingerprint density at radius 1 is 1.42 bits per heavy atom. The standard InChI is InChI=1S/C11H10F2N4O2/c12-5-1-2-7(13)6(3-5)10-16-11(19-17-10)8(14)4-9(15)18/h1-3,8H,4,14H2,(H2,15,18)/t8-/m0/s1. The highest BCUT2D eigenvalue weighted by Crippen LogP contribution is 2.22. The summed E-state index contributed by atoms with van der Waals surface area (Å²) in [5.74, 6) is -2.19. The summed E-state index contributed by atoms with van der Waals surface area (Å²) in [4.78, 5) is 14.5. The Bertz CT molecular complexity index is 614. The van der Waals surface area contributed by atoms with E-state index in [1.807, 2.05) is 0 Å². The predicted molar refractivity (Wildman–Crippen MR) is 60.4 cm³/mol. The number of primary amides is 1. The van der Waals surface area contributed by atoms with Gasteiger partial charge in [-0.25, -0.2) is 8.78 Å². The van der Waals surface area contributed by atoms with E-state index in [9.17, 15) is 13.6 Å². The second-order valence-electron chi connectivity index (χ2n) is 3.86. The summed E-state index contributed by atoms with van der Waals surface area (Å²) in [6, 6.07) is 1.97. The van der Waals surface area contributed by atoms with Crippen molar-refractivity contribution in [1.29, 1.82) is 0 Å². The summed E-state index contributed by atoms with van der Waals surface area (Å²) in [6.45, 7) is 0. The van der Waals surface area contributed by atoms with Crippen molar-refractivity contribution in [1.82, 2.24) is 10.1 Å². The van der Waals surface area contributed by atoms with Gasteiger partial charge >= 0.3 is 0 Å². The SMILES string of the molecule is NC(=O)C[C@H](N)c1nc(-c2cc(F)ccc2F)no1. The van der Waals surface area contributed by atoms with E-state index in [4.69, 9.17) is 16.0 Å². The van der Waals surface area contributed by atoms with Crippen LogP contribution in [0.15, 0.2) is 22.7 Å². The molecule has 1 aromatic heterocycles. The van der Waals surface area contributed by atoms with Crippen molar-refractivity contribution < 1.29 is 18.1 Å². The molecule has 0 saturated heterocycles. The van der Waals surface area contributed by atoms with Crippen LogP contribution in [-0.2, 0) is 4.79 Å². The van der Waals surface area contributed by atoms with Crippen molar-refractivity contribution in [3.63, 3.8) is 0 Å². The molecule has 0 fully saturated rings. The van der Waals surface area contributed by atoms with Gasteiger partial charge in [0.25, 0.3) is 0 Å². The second-order valence-corrected chi connectivity index (χ2v) is 3.86. The van der Waals surface area contributed by atoms with Gasteiger partial charge in [-0.1, -0.05) is 5.16 Å². The number of carbonyl (C=O) groups is 1. The van der Waals surface area contributed by atoms with Crippen molar-refractivity contribution in [2.75, 3.05) is 0 Å². The Kier molecular flexibility index (Phi) is 3.52. The highest BCUT2D eigenvalue weighted by atomic mass is 19.1. The number of benzene rings is 1. The number of rotatable bonds is 4. The Balaban J connectivity index is 2.30. The quantitative estimate of drug-likeness (QED) is 0.856. The first kappa shape index (κ1) is 13.1. The van der Waals surface area contributed by atoms with Crippen LogP contribution in [-0.4, -0.2) is 16.0 Å². The van der Waals surface area contributed by atoms with Gasteiger partial charge in [0.2, 0.25) is 17.6 Å². The normalized spacial score (nSPS) is 12.4. The van der Waals surface area contributed by atoms with Crippen LogP contribution in [0, 0.1) is 11.6 Å². The zero-order chi connectivity index (χ0) is 14.0. The third kappa shape index (κ3) is 2.91. The number of hydrogen-bond acceptors (Lipinski definition) is 5. The van der Waals surface area contributed by atoms with Crippen LogP contribution in [0.25, 0.3) is 11.4 Å². The first-order valence-corrected chi connectivity index (χ1v) is 5.30. The van der Waals surface area contributed by atoms with Crippen molar-refractivity contribution in [2.24, 2.45) is 11.5 Å². The molecule has 2 rings (SSSR count). The lowest BCUT2D eigenvalue weighted by Crippen LogP contribution is -2.20. The number of hydrogen-bond donors (Lipinski definition) is 2. The van der Waals surface area contributed by atoms with E-state index in [2.05, 4.69) is 10.1 Å². The van der Waals surface area contributed by atoms with E-state index >= 15 is 0 Å². The van der Waals surface area contributed by atoms with Crippen molar-refractivity contribution in [3.8, 4) is 11.4 Å². The van der Waals surface area contributed by atoms with Crippen LogP contribution in [0.4, 0.5) is 8.78 Å². The van der Waals surface area contributed by atoms with E-state index in [-0.39, 0.29) is 23.7 Å². The molecular formula is C11H10F2N4O2. The molecule has 100 valence electrons. The molecule has 0 radical (unpaired) electrons. The Hall–Kier alpha value is -2.35. The van der Waals surface area contributed by atoms with Gasteiger partial charge in [-0.3, -0.25) is 4.79 Å². The molecular weight excluding hydrogens is 258 g/mol. The average Bonchev–Trinajstić information content (AvgIpc) is 2.80. The zero-order valence-electron chi connectivity index (χ0n) is 9.64. The monoisotopic (exact) mass is 268 g/mol. The third-order valence-corrected chi connectivity index (χ3v) is 2.35. The molecule has 0 saturated carbocycles. The molecule has 0 aliphatic rings. The molecule has 0 bridgehead atoms. The van der Waals surface area contributed by atoms with Crippen molar-refractivity contribution in [3.05, 3.63) is 35.7 Å². The lowest BCUT2D eigenvalue weighted by atomic mass is 10.2.